The molecule has 0 aliphatic carbocycles. The van der Waals surface area contributed by atoms with E-state index in [4.69, 9.17) is 12.2 Å². The lowest BCUT2D eigenvalue weighted by molar-refractivity contribution is 0.555. The van der Waals surface area contributed by atoms with Crippen molar-refractivity contribution < 1.29 is 0 Å². The van der Waals surface area contributed by atoms with Crippen molar-refractivity contribution in [3.05, 3.63) is 4.77 Å². The van der Waals surface area contributed by atoms with E-state index < -0.39 is 0 Å². The molecule has 1 N–H and O–H groups in total. The minimum Gasteiger partial charge on any atom is -0.342 e. The van der Waals surface area contributed by atoms with Crippen molar-refractivity contribution >= 4 is 24.1 Å². The smallest absolute Gasteiger partial charge is 0.225 e. The lowest BCUT2D eigenvalue weighted by Crippen LogP contribution is -2.34. The zero-order chi connectivity index (χ0) is 13.1. The number of nitrogens with one attached hydrogen (secondary N) is 1. The molecule has 3 heterocycles. The second-order valence-electron chi connectivity index (χ2n) is 5.37. The van der Waals surface area contributed by atoms with Crippen molar-refractivity contribution in [1.82, 2.24) is 15.0 Å². The Labute approximate surface area is 119 Å². The van der Waals surface area contributed by atoms with Gasteiger partial charge in [0.25, 0.3) is 0 Å². The Bertz CT molecular complexity index is 435. The molecule has 0 bridgehead atoms. The van der Waals surface area contributed by atoms with Crippen LogP contribution in [0.25, 0.3) is 0 Å². The molecular weight excluding hydrogens is 258 g/mol. The molecule has 0 amide bonds. The zero-order valence-corrected chi connectivity index (χ0v) is 12.1. The lowest BCUT2D eigenvalue weighted by atomic mass is 10.1. The average Bonchev–Trinajstić information content (AvgIpc) is 2.48. The Hall–Kier alpha value is -1.17. The first-order chi connectivity index (χ1) is 9.33. The van der Waals surface area contributed by atoms with Crippen molar-refractivity contribution in [2.45, 2.75) is 38.5 Å². The van der Waals surface area contributed by atoms with Gasteiger partial charge in [0.2, 0.25) is 16.7 Å². The third-order valence-corrected chi connectivity index (χ3v) is 4.12. The first-order valence-corrected chi connectivity index (χ1v) is 7.72. The van der Waals surface area contributed by atoms with Crippen LogP contribution in [0.3, 0.4) is 0 Å². The van der Waals surface area contributed by atoms with Crippen LogP contribution in [-0.4, -0.2) is 41.1 Å². The summed E-state index contributed by atoms with van der Waals surface area (Å²) in [5.41, 5.74) is 0. The van der Waals surface area contributed by atoms with Crippen molar-refractivity contribution in [3.63, 3.8) is 0 Å². The van der Waals surface area contributed by atoms with Crippen LogP contribution in [0.2, 0.25) is 0 Å². The normalized spacial score (nSPS) is 20.6. The van der Waals surface area contributed by atoms with E-state index in [1.807, 2.05) is 0 Å². The van der Waals surface area contributed by atoms with Crippen LogP contribution in [0, 0.1) is 4.77 Å². The highest BCUT2D eigenvalue weighted by atomic mass is 32.1. The molecule has 6 heteroatoms. The van der Waals surface area contributed by atoms with Gasteiger partial charge in [-0.05, 0) is 50.7 Å². The topological polar surface area (TPSA) is 48.1 Å². The van der Waals surface area contributed by atoms with Gasteiger partial charge in [-0.25, -0.2) is 0 Å². The van der Waals surface area contributed by atoms with Crippen molar-refractivity contribution in [3.8, 4) is 0 Å². The molecule has 1 aromatic heterocycles. The molecule has 0 aromatic carbocycles. The maximum atomic E-state index is 5.23. The second-order valence-corrected chi connectivity index (χ2v) is 5.74. The van der Waals surface area contributed by atoms with Crippen LogP contribution in [0.4, 0.5) is 11.9 Å². The van der Waals surface area contributed by atoms with Crippen LogP contribution >= 0.6 is 12.2 Å². The Kier molecular flexibility index (Phi) is 3.96. The number of anilines is 2. The fraction of sp³-hybridized carbons (Fsp3) is 0.769. The summed E-state index contributed by atoms with van der Waals surface area (Å²) >= 11 is 5.23. The Morgan fingerprint density at radius 3 is 1.58 bits per heavy atom. The highest BCUT2D eigenvalue weighted by Gasteiger charge is 2.17. The molecule has 19 heavy (non-hydrogen) atoms. The predicted octanol–water partition coefficient (Wildman–Crippen LogP) is 2.51. The minimum absolute atomic E-state index is 0.458. The van der Waals surface area contributed by atoms with Crippen molar-refractivity contribution in [1.29, 1.82) is 0 Å². The van der Waals surface area contributed by atoms with Gasteiger partial charge < -0.3 is 9.80 Å². The van der Waals surface area contributed by atoms with Crippen LogP contribution in [-0.2, 0) is 0 Å². The Balaban J connectivity index is 1.84. The minimum atomic E-state index is 0.458. The van der Waals surface area contributed by atoms with E-state index in [1.165, 1.54) is 38.5 Å². The highest BCUT2D eigenvalue weighted by Crippen LogP contribution is 2.20. The first kappa shape index (κ1) is 12.8. The van der Waals surface area contributed by atoms with E-state index >= 15 is 0 Å². The molecule has 0 atom stereocenters. The molecule has 1 aromatic rings. The van der Waals surface area contributed by atoms with Gasteiger partial charge in [0, 0.05) is 26.2 Å². The van der Waals surface area contributed by atoms with Crippen molar-refractivity contribution in [2.24, 2.45) is 0 Å². The summed E-state index contributed by atoms with van der Waals surface area (Å²) in [4.78, 5) is 16.8. The molecule has 2 fully saturated rings. The van der Waals surface area contributed by atoms with Gasteiger partial charge in [-0.15, -0.1) is 0 Å². The SMILES string of the molecule is S=c1nc(N2CCCCC2)[nH]c(N2CCCCC2)n1. The van der Waals surface area contributed by atoms with Crippen molar-refractivity contribution in [2.75, 3.05) is 36.0 Å². The lowest BCUT2D eigenvalue weighted by Gasteiger charge is -2.30. The van der Waals surface area contributed by atoms with E-state index in [-0.39, 0.29) is 0 Å². The number of hydrogen-bond acceptors (Lipinski definition) is 5. The number of nitrogens with zero attached hydrogens (tertiary/aromatic N) is 4. The monoisotopic (exact) mass is 279 g/mol. The van der Waals surface area contributed by atoms with E-state index in [9.17, 15) is 0 Å². The Morgan fingerprint density at radius 2 is 1.16 bits per heavy atom. The Morgan fingerprint density at radius 1 is 0.737 bits per heavy atom. The van der Waals surface area contributed by atoms with E-state index in [2.05, 4.69) is 24.8 Å². The summed E-state index contributed by atoms with van der Waals surface area (Å²) in [6, 6.07) is 0. The molecule has 0 saturated carbocycles. The number of hydrogen-bond donors (Lipinski definition) is 1. The summed E-state index contributed by atoms with van der Waals surface area (Å²) in [5.74, 6) is 1.81. The van der Waals surface area contributed by atoms with Gasteiger partial charge in [-0.1, -0.05) is 0 Å². The molecule has 0 radical (unpaired) electrons. The molecule has 2 aliphatic rings. The van der Waals surface area contributed by atoms with E-state index in [1.54, 1.807) is 0 Å². The maximum absolute atomic E-state index is 5.23. The molecule has 0 unspecified atom stereocenters. The number of H-pyrrole nitrogens is 1. The van der Waals surface area contributed by atoms with Gasteiger partial charge in [0.1, 0.15) is 0 Å². The maximum Gasteiger partial charge on any atom is 0.225 e. The van der Waals surface area contributed by atoms with Gasteiger partial charge >= 0.3 is 0 Å². The fourth-order valence-corrected chi connectivity index (χ4v) is 3.05. The third-order valence-electron chi connectivity index (χ3n) is 3.94. The summed E-state index contributed by atoms with van der Waals surface area (Å²) < 4.78 is 0.458. The fourth-order valence-electron chi connectivity index (χ4n) is 2.87. The molecule has 2 aliphatic heterocycles. The van der Waals surface area contributed by atoms with Gasteiger partial charge in [-0.3, -0.25) is 4.98 Å². The molecule has 5 nitrogen and oxygen atoms in total. The number of piperidine rings is 2. The van der Waals surface area contributed by atoms with Crippen LogP contribution in [0.5, 0.6) is 0 Å². The molecule has 104 valence electrons. The van der Waals surface area contributed by atoms with Crippen LogP contribution < -0.4 is 9.80 Å². The zero-order valence-electron chi connectivity index (χ0n) is 11.3. The average molecular weight is 279 g/mol. The highest BCUT2D eigenvalue weighted by molar-refractivity contribution is 7.71. The summed E-state index contributed by atoms with van der Waals surface area (Å²) in [5, 5.41) is 0. The second kappa shape index (κ2) is 5.86. The molecular formula is C13H21N5S. The number of rotatable bonds is 2. The van der Waals surface area contributed by atoms with Gasteiger partial charge in [0.15, 0.2) is 0 Å². The largest absolute Gasteiger partial charge is 0.342 e. The molecule has 2 saturated heterocycles. The molecule has 3 rings (SSSR count). The number of aromatic amines is 1. The first-order valence-electron chi connectivity index (χ1n) is 7.31. The number of aromatic nitrogens is 3. The summed E-state index contributed by atoms with van der Waals surface area (Å²) in [7, 11) is 0. The standard InChI is InChI=1S/C13H21N5S/c19-13-15-11(17-7-3-1-4-8-17)14-12(16-13)18-9-5-2-6-10-18/h1-10H2,(H,14,15,16,19). The van der Waals surface area contributed by atoms with E-state index in [0.29, 0.717) is 4.77 Å². The van der Waals surface area contributed by atoms with Gasteiger partial charge in [0.05, 0.1) is 0 Å². The quantitative estimate of drug-likeness (QED) is 0.843. The summed E-state index contributed by atoms with van der Waals surface area (Å²) in [6.07, 6.45) is 7.60. The van der Waals surface area contributed by atoms with Crippen LogP contribution in [0.15, 0.2) is 0 Å². The predicted molar refractivity (Wildman–Crippen MR) is 79.3 cm³/mol. The third kappa shape index (κ3) is 3.05. The van der Waals surface area contributed by atoms with E-state index in [0.717, 1.165) is 38.1 Å². The summed E-state index contributed by atoms with van der Waals surface area (Å²) in [6.45, 7) is 4.28. The molecule has 0 spiro atoms. The van der Waals surface area contributed by atoms with Gasteiger partial charge in [-0.2, -0.15) is 9.97 Å². The van der Waals surface area contributed by atoms with Crippen LogP contribution in [0.1, 0.15) is 38.5 Å².